The van der Waals surface area contributed by atoms with Gasteiger partial charge in [0, 0.05) is 17.5 Å². The van der Waals surface area contributed by atoms with Gasteiger partial charge in [-0.05, 0) is 23.9 Å². The Labute approximate surface area is 148 Å². The van der Waals surface area contributed by atoms with E-state index >= 15 is 0 Å². The lowest BCUT2D eigenvalue weighted by molar-refractivity contribution is 1.12. The summed E-state index contributed by atoms with van der Waals surface area (Å²) in [6.45, 7) is 2.88. The molecule has 3 aromatic carbocycles. The number of pyridine rings is 1. The van der Waals surface area contributed by atoms with E-state index in [0.717, 1.165) is 29.0 Å². The van der Waals surface area contributed by atoms with Crippen LogP contribution in [0.5, 0.6) is 0 Å². The van der Waals surface area contributed by atoms with E-state index in [2.05, 4.69) is 85.0 Å². The summed E-state index contributed by atoms with van der Waals surface area (Å²) in [5.41, 5.74) is 4.63. The maximum atomic E-state index is 4.90. The molecule has 0 spiro atoms. The number of fused-ring (bicyclic) bond motifs is 1. The van der Waals surface area contributed by atoms with Gasteiger partial charge in [-0.3, -0.25) is 0 Å². The lowest BCUT2D eigenvalue weighted by Gasteiger charge is -2.12. The first kappa shape index (κ1) is 15.4. The fraction of sp³-hybridized carbons (Fsp3) is 0.0870. The molecule has 122 valence electrons. The van der Waals surface area contributed by atoms with Crippen molar-refractivity contribution >= 4 is 16.6 Å². The highest BCUT2D eigenvalue weighted by Gasteiger charge is 2.08. The van der Waals surface area contributed by atoms with Gasteiger partial charge in [-0.15, -0.1) is 0 Å². The number of rotatable bonds is 4. The van der Waals surface area contributed by atoms with Gasteiger partial charge in [0.05, 0.1) is 5.69 Å². The van der Waals surface area contributed by atoms with Gasteiger partial charge >= 0.3 is 0 Å². The number of aromatic nitrogens is 1. The van der Waals surface area contributed by atoms with E-state index in [-0.39, 0.29) is 0 Å². The van der Waals surface area contributed by atoms with Crippen molar-refractivity contribution in [1.82, 2.24) is 4.98 Å². The Kier molecular flexibility index (Phi) is 4.17. The third-order valence-corrected chi connectivity index (χ3v) is 4.36. The van der Waals surface area contributed by atoms with Crippen LogP contribution in [0.25, 0.3) is 22.0 Å². The van der Waals surface area contributed by atoms with Crippen LogP contribution in [0.2, 0.25) is 0 Å². The molecule has 0 saturated heterocycles. The van der Waals surface area contributed by atoms with Crippen molar-refractivity contribution in [1.29, 1.82) is 0 Å². The van der Waals surface area contributed by atoms with E-state index in [1.165, 1.54) is 16.5 Å². The quantitative estimate of drug-likeness (QED) is 0.511. The van der Waals surface area contributed by atoms with Crippen molar-refractivity contribution in [3.8, 4) is 11.3 Å². The molecule has 2 heteroatoms. The number of nitrogens with one attached hydrogen (secondary N) is 1. The monoisotopic (exact) mass is 324 g/mol. The number of benzene rings is 3. The highest BCUT2D eigenvalue weighted by atomic mass is 15.0. The lowest BCUT2D eigenvalue weighted by atomic mass is 10.0. The van der Waals surface area contributed by atoms with Crippen molar-refractivity contribution < 1.29 is 0 Å². The molecule has 0 bridgehead atoms. The summed E-state index contributed by atoms with van der Waals surface area (Å²) in [4.78, 5) is 4.90. The topological polar surface area (TPSA) is 24.9 Å². The average Bonchev–Trinajstić information content (AvgIpc) is 2.67. The third kappa shape index (κ3) is 3.38. The molecular formula is C23H20N2. The molecule has 4 rings (SSSR count). The molecule has 0 aliphatic rings. The molecule has 2 nitrogen and oxygen atoms in total. The van der Waals surface area contributed by atoms with Crippen LogP contribution in [-0.2, 0) is 6.54 Å². The van der Waals surface area contributed by atoms with Crippen LogP contribution in [0.3, 0.4) is 0 Å². The van der Waals surface area contributed by atoms with Crippen molar-refractivity contribution in [2.24, 2.45) is 0 Å². The predicted octanol–water partition coefficient (Wildman–Crippen LogP) is 5.82. The van der Waals surface area contributed by atoms with Gasteiger partial charge in [-0.2, -0.15) is 0 Å². The molecule has 0 aliphatic carbocycles. The summed E-state index contributed by atoms with van der Waals surface area (Å²) < 4.78 is 0. The largest absolute Gasteiger partial charge is 0.365 e. The zero-order valence-electron chi connectivity index (χ0n) is 14.2. The van der Waals surface area contributed by atoms with Gasteiger partial charge in [0.2, 0.25) is 0 Å². The first-order chi connectivity index (χ1) is 12.3. The van der Waals surface area contributed by atoms with Crippen LogP contribution < -0.4 is 5.32 Å². The second kappa shape index (κ2) is 6.78. The Balaban J connectivity index is 1.78. The fourth-order valence-electron chi connectivity index (χ4n) is 3.05. The van der Waals surface area contributed by atoms with Crippen LogP contribution in [-0.4, -0.2) is 4.98 Å². The Morgan fingerprint density at radius 1 is 0.800 bits per heavy atom. The number of nitrogens with zero attached hydrogens (tertiary/aromatic N) is 1. The van der Waals surface area contributed by atoms with Crippen LogP contribution in [0.1, 0.15) is 11.1 Å². The molecule has 1 N–H and O–H groups in total. The van der Waals surface area contributed by atoms with E-state index in [0.29, 0.717) is 0 Å². The summed E-state index contributed by atoms with van der Waals surface area (Å²) in [5, 5.41) is 5.89. The molecule has 0 unspecified atom stereocenters. The van der Waals surface area contributed by atoms with Gasteiger partial charge in [0.25, 0.3) is 0 Å². The lowest BCUT2D eigenvalue weighted by Crippen LogP contribution is -2.03. The summed E-state index contributed by atoms with van der Waals surface area (Å²) in [7, 11) is 0. The summed E-state index contributed by atoms with van der Waals surface area (Å²) in [6, 6.07) is 29.4. The second-order valence-corrected chi connectivity index (χ2v) is 6.29. The smallest absolute Gasteiger partial charge is 0.134 e. The normalized spacial score (nSPS) is 10.8. The fourth-order valence-corrected chi connectivity index (χ4v) is 3.05. The minimum Gasteiger partial charge on any atom is -0.365 e. The number of aryl methyl sites for hydroxylation is 1. The van der Waals surface area contributed by atoms with E-state index in [9.17, 15) is 0 Å². The van der Waals surface area contributed by atoms with E-state index < -0.39 is 0 Å². The summed E-state index contributed by atoms with van der Waals surface area (Å²) >= 11 is 0. The Morgan fingerprint density at radius 2 is 1.52 bits per heavy atom. The van der Waals surface area contributed by atoms with Crippen molar-refractivity contribution in [3.63, 3.8) is 0 Å². The molecule has 0 aliphatic heterocycles. The molecule has 1 heterocycles. The van der Waals surface area contributed by atoms with Gasteiger partial charge in [-0.1, -0.05) is 84.4 Å². The Hall–Kier alpha value is -3.13. The number of anilines is 1. The molecule has 0 saturated carbocycles. The molecule has 0 radical (unpaired) electrons. The summed E-state index contributed by atoms with van der Waals surface area (Å²) in [5.74, 6) is 0.931. The van der Waals surface area contributed by atoms with Crippen molar-refractivity contribution in [2.75, 3.05) is 5.32 Å². The van der Waals surface area contributed by atoms with Crippen LogP contribution in [0.15, 0.2) is 84.9 Å². The molecule has 0 atom stereocenters. The highest BCUT2D eigenvalue weighted by molar-refractivity contribution is 5.95. The predicted molar refractivity (Wildman–Crippen MR) is 106 cm³/mol. The molecule has 4 aromatic rings. The van der Waals surface area contributed by atoms with Crippen LogP contribution in [0, 0.1) is 6.92 Å². The Bertz CT molecular complexity index is 992. The van der Waals surface area contributed by atoms with Crippen molar-refractivity contribution in [2.45, 2.75) is 13.5 Å². The number of hydrogen-bond acceptors (Lipinski definition) is 2. The maximum Gasteiger partial charge on any atom is 0.134 e. The molecular weight excluding hydrogens is 304 g/mol. The van der Waals surface area contributed by atoms with Gasteiger partial charge in [0.15, 0.2) is 0 Å². The van der Waals surface area contributed by atoms with Crippen LogP contribution >= 0.6 is 0 Å². The molecule has 25 heavy (non-hydrogen) atoms. The minimum atomic E-state index is 0.759. The minimum absolute atomic E-state index is 0.759. The van der Waals surface area contributed by atoms with Gasteiger partial charge < -0.3 is 5.32 Å². The summed E-state index contributed by atoms with van der Waals surface area (Å²) in [6.07, 6.45) is 0. The zero-order valence-corrected chi connectivity index (χ0v) is 14.2. The highest BCUT2D eigenvalue weighted by Crippen LogP contribution is 2.28. The zero-order chi connectivity index (χ0) is 17.1. The Morgan fingerprint density at radius 3 is 2.28 bits per heavy atom. The van der Waals surface area contributed by atoms with Crippen LogP contribution in [0.4, 0.5) is 5.82 Å². The van der Waals surface area contributed by atoms with Gasteiger partial charge in [0.1, 0.15) is 5.82 Å². The van der Waals surface area contributed by atoms with Gasteiger partial charge in [-0.25, -0.2) is 4.98 Å². The first-order valence-corrected chi connectivity index (χ1v) is 8.54. The molecule has 1 aromatic heterocycles. The average molecular weight is 324 g/mol. The first-order valence-electron chi connectivity index (χ1n) is 8.54. The van der Waals surface area contributed by atoms with E-state index in [4.69, 9.17) is 4.98 Å². The SMILES string of the molecule is Cc1ccc2c(NCc3ccccc3)nc(-c3ccccc3)cc2c1. The van der Waals surface area contributed by atoms with E-state index in [1.807, 2.05) is 12.1 Å². The van der Waals surface area contributed by atoms with Crippen molar-refractivity contribution in [3.05, 3.63) is 96.1 Å². The second-order valence-electron chi connectivity index (χ2n) is 6.29. The van der Waals surface area contributed by atoms with E-state index in [1.54, 1.807) is 0 Å². The molecule has 0 amide bonds. The molecule has 0 fully saturated rings. The standard InChI is InChI=1S/C23H20N2/c1-17-12-13-21-20(14-17)15-22(19-10-6-3-7-11-19)25-23(21)24-16-18-8-4-2-5-9-18/h2-15H,16H2,1H3,(H,24,25). The maximum absolute atomic E-state index is 4.90. The number of hydrogen-bond donors (Lipinski definition) is 1. The third-order valence-electron chi connectivity index (χ3n) is 4.36.